The Balaban J connectivity index is 1.48. The number of nitrogens with zero attached hydrogens (tertiary/aromatic N) is 4. The van der Waals surface area contributed by atoms with Gasteiger partial charge in [0.05, 0.1) is 5.69 Å². The third kappa shape index (κ3) is 6.34. The predicted octanol–water partition coefficient (Wildman–Crippen LogP) is 6.36. The van der Waals surface area contributed by atoms with E-state index in [-0.39, 0.29) is 35.4 Å². The van der Waals surface area contributed by atoms with Gasteiger partial charge >= 0.3 is 0 Å². The van der Waals surface area contributed by atoms with Crippen LogP contribution in [0.1, 0.15) is 81.6 Å². The number of halogens is 1. The molecule has 2 fully saturated rings. The maximum absolute atomic E-state index is 14.1. The van der Waals surface area contributed by atoms with Crippen LogP contribution in [0.5, 0.6) is 0 Å². The van der Waals surface area contributed by atoms with Crippen molar-refractivity contribution in [3.8, 4) is 5.69 Å². The van der Waals surface area contributed by atoms with Crippen LogP contribution in [-0.2, 0) is 4.79 Å². The number of nitrogens with one attached hydrogen (secondary N) is 1. The van der Waals surface area contributed by atoms with Crippen LogP contribution in [0.25, 0.3) is 5.69 Å². The van der Waals surface area contributed by atoms with Gasteiger partial charge in [-0.2, -0.15) is 5.10 Å². The Labute approximate surface area is 233 Å². The van der Waals surface area contributed by atoms with E-state index in [0.717, 1.165) is 68.1 Å². The molecule has 39 heavy (non-hydrogen) atoms. The van der Waals surface area contributed by atoms with Crippen LogP contribution >= 0.6 is 0 Å². The van der Waals surface area contributed by atoms with Gasteiger partial charge in [0.2, 0.25) is 5.91 Å². The topological polar surface area (TPSA) is 63.1 Å². The van der Waals surface area contributed by atoms with E-state index in [4.69, 9.17) is 10.1 Å². The molecule has 4 atom stereocenters. The van der Waals surface area contributed by atoms with E-state index < -0.39 is 0 Å². The van der Waals surface area contributed by atoms with Crippen molar-refractivity contribution in [1.82, 2.24) is 25.0 Å². The second-order valence-electron chi connectivity index (χ2n) is 11.6. The Morgan fingerprint density at radius 3 is 2.51 bits per heavy atom. The number of likely N-dealkylation sites (tertiary alicyclic amines) is 1. The molecule has 1 amide bonds. The molecule has 6 nitrogen and oxygen atoms in total. The van der Waals surface area contributed by atoms with Gasteiger partial charge in [-0.15, -0.1) is 0 Å². The first kappa shape index (κ1) is 29.2. The molecule has 1 N–H and O–H groups in total. The van der Waals surface area contributed by atoms with Gasteiger partial charge in [0.1, 0.15) is 17.5 Å². The van der Waals surface area contributed by atoms with E-state index in [9.17, 15) is 9.18 Å². The highest BCUT2D eigenvalue weighted by Gasteiger charge is 2.43. The highest BCUT2D eigenvalue weighted by atomic mass is 19.1. The van der Waals surface area contributed by atoms with Crippen molar-refractivity contribution in [2.45, 2.75) is 85.6 Å². The molecule has 1 aliphatic heterocycles. The number of hydrogen-bond acceptors (Lipinski definition) is 4. The summed E-state index contributed by atoms with van der Waals surface area (Å²) in [5, 5.41) is 8.14. The fraction of sp³-hybridized carbons (Fsp3) is 0.594. The standard InChI is InChI=1S/C32H46FN5O/c1-8-24(17-26(33)9-2)22(5)29-18-27(34-7)19-30(29)32(39)37-14-12-25(13-15-37)31-35-23(6)36-38(31)28-11-10-20(3)21(4)16-28/h9-11,16-17,22,25,27,29-30,34H,8,12-15,18-19H2,1-7H3. The van der Waals surface area contributed by atoms with Gasteiger partial charge in [0, 0.05) is 31.0 Å². The van der Waals surface area contributed by atoms with Gasteiger partial charge in [-0.1, -0.05) is 31.6 Å². The van der Waals surface area contributed by atoms with Crippen molar-refractivity contribution in [3.63, 3.8) is 0 Å². The molecule has 1 aromatic heterocycles. The largest absolute Gasteiger partial charge is 0.342 e. The number of piperidine rings is 1. The maximum atomic E-state index is 14.1. The summed E-state index contributed by atoms with van der Waals surface area (Å²) >= 11 is 0. The molecule has 1 saturated heterocycles. The molecule has 2 heterocycles. The minimum absolute atomic E-state index is 0.0425. The molecule has 0 spiro atoms. The van der Waals surface area contributed by atoms with Crippen molar-refractivity contribution < 1.29 is 9.18 Å². The number of hydrogen-bond donors (Lipinski definition) is 1. The van der Waals surface area contributed by atoms with Crippen LogP contribution in [0.3, 0.4) is 0 Å². The van der Waals surface area contributed by atoms with Crippen molar-refractivity contribution in [1.29, 1.82) is 0 Å². The summed E-state index contributed by atoms with van der Waals surface area (Å²) in [6.07, 6.45) is 7.51. The van der Waals surface area contributed by atoms with E-state index in [1.807, 2.05) is 18.7 Å². The van der Waals surface area contributed by atoms with Crippen LogP contribution in [0, 0.1) is 38.5 Å². The molecular weight excluding hydrogens is 489 g/mol. The van der Waals surface area contributed by atoms with Crippen molar-refractivity contribution in [2.75, 3.05) is 20.1 Å². The number of carbonyl (C=O) groups is 1. The first-order valence-electron chi connectivity index (χ1n) is 14.7. The van der Waals surface area contributed by atoms with Crippen molar-refractivity contribution in [3.05, 3.63) is 64.5 Å². The predicted molar refractivity (Wildman–Crippen MR) is 156 cm³/mol. The summed E-state index contributed by atoms with van der Waals surface area (Å²) in [7, 11) is 1.98. The maximum Gasteiger partial charge on any atom is 0.226 e. The van der Waals surface area contributed by atoms with Gasteiger partial charge in [0.25, 0.3) is 0 Å². The number of aryl methyl sites for hydroxylation is 3. The van der Waals surface area contributed by atoms with Crippen molar-refractivity contribution in [2.24, 2.45) is 17.8 Å². The summed E-state index contributed by atoms with van der Waals surface area (Å²) in [5.74, 6) is 2.42. The molecule has 7 heteroatoms. The number of aromatic nitrogens is 3. The number of carbonyl (C=O) groups excluding carboxylic acids is 1. The van der Waals surface area contributed by atoms with Crippen LogP contribution < -0.4 is 5.32 Å². The molecule has 212 valence electrons. The molecule has 2 aromatic rings. The van der Waals surface area contributed by atoms with E-state index in [2.05, 4.69) is 56.1 Å². The number of benzene rings is 1. The smallest absolute Gasteiger partial charge is 0.226 e. The fourth-order valence-corrected chi connectivity index (χ4v) is 6.57. The highest BCUT2D eigenvalue weighted by molar-refractivity contribution is 5.80. The Kier molecular flexibility index (Phi) is 9.42. The number of rotatable bonds is 8. The Morgan fingerprint density at radius 2 is 1.90 bits per heavy atom. The zero-order valence-corrected chi connectivity index (χ0v) is 24.8. The molecule has 0 radical (unpaired) electrons. The van der Waals surface area contributed by atoms with Crippen LogP contribution in [0.4, 0.5) is 4.39 Å². The van der Waals surface area contributed by atoms with Crippen LogP contribution in [-0.4, -0.2) is 51.8 Å². The van der Waals surface area contributed by atoms with E-state index >= 15 is 0 Å². The first-order chi connectivity index (χ1) is 18.7. The Hall–Kier alpha value is -2.80. The lowest BCUT2D eigenvalue weighted by molar-refractivity contribution is -0.138. The fourth-order valence-electron chi connectivity index (χ4n) is 6.57. The Bertz CT molecular complexity index is 1220. The van der Waals surface area contributed by atoms with Gasteiger partial charge in [0.15, 0.2) is 0 Å². The minimum atomic E-state index is -0.198. The monoisotopic (exact) mass is 535 g/mol. The minimum Gasteiger partial charge on any atom is -0.342 e. The molecule has 0 bridgehead atoms. The van der Waals surface area contributed by atoms with Gasteiger partial charge in [-0.25, -0.2) is 14.1 Å². The summed E-state index contributed by atoms with van der Waals surface area (Å²) in [6.45, 7) is 13.6. The lowest BCUT2D eigenvalue weighted by Gasteiger charge is -2.36. The zero-order valence-electron chi connectivity index (χ0n) is 24.8. The molecule has 2 aliphatic rings. The van der Waals surface area contributed by atoms with Gasteiger partial charge < -0.3 is 10.2 Å². The second-order valence-corrected chi connectivity index (χ2v) is 11.6. The molecular formula is C32H46FN5O. The third-order valence-corrected chi connectivity index (χ3v) is 9.22. The summed E-state index contributed by atoms with van der Waals surface area (Å²) in [6, 6.07) is 6.73. The molecule has 1 saturated carbocycles. The Morgan fingerprint density at radius 1 is 1.18 bits per heavy atom. The highest BCUT2D eigenvalue weighted by Crippen LogP contribution is 2.42. The average Bonchev–Trinajstić information content (AvgIpc) is 3.56. The normalized spacial score (nSPS) is 23.9. The average molecular weight is 536 g/mol. The number of allylic oxidation sites excluding steroid dienone is 4. The molecule has 1 aromatic carbocycles. The lowest BCUT2D eigenvalue weighted by atomic mass is 9.78. The molecule has 4 unspecified atom stereocenters. The summed E-state index contributed by atoms with van der Waals surface area (Å²) < 4.78 is 16.1. The quantitative estimate of drug-likeness (QED) is 0.400. The van der Waals surface area contributed by atoms with E-state index in [1.165, 1.54) is 17.2 Å². The summed E-state index contributed by atoms with van der Waals surface area (Å²) in [4.78, 5) is 20.8. The van der Waals surface area contributed by atoms with Crippen LogP contribution in [0.15, 0.2) is 41.8 Å². The van der Waals surface area contributed by atoms with E-state index in [0.29, 0.717) is 6.04 Å². The van der Waals surface area contributed by atoms with Gasteiger partial charge in [-0.05, 0) is 108 Å². The SMILES string of the molecule is CC=C(F)C=C(CC)C(C)C1CC(NC)CC1C(=O)N1CCC(c2nc(C)nn2-c2ccc(C)c(C)c2)CC1. The lowest BCUT2D eigenvalue weighted by Crippen LogP contribution is -2.43. The third-order valence-electron chi connectivity index (χ3n) is 9.22. The number of amides is 1. The van der Waals surface area contributed by atoms with Crippen molar-refractivity contribution >= 4 is 5.91 Å². The molecule has 1 aliphatic carbocycles. The second kappa shape index (κ2) is 12.6. The van der Waals surface area contributed by atoms with Gasteiger partial charge in [-0.3, -0.25) is 4.79 Å². The first-order valence-corrected chi connectivity index (χ1v) is 14.7. The van der Waals surface area contributed by atoms with Crippen LogP contribution in [0.2, 0.25) is 0 Å². The molecule has 4 rings (SSSR count). The summed E-state index contributed by atoms with van der Waals surface area (Å²) in [5.41, 5.74) is 4.63. The van der Waals surface area contributed by atoms with E-state index in [1.54, 1.807) is 13.0 Å². The zero-order chi connectivity index (χ0) is 28.3.